The minimum absolute atomic E-state index is 0.167. The van der Waals surface area contributed by atoms with Gasteiger partial charge in [0.1, 0.15) is 5.83 Å². The third kappa shape index (κ3) is 3.78. The highest BCUT2D eigenvalue weighted by Crippen LogP contribution is 2.13. The van der Waals surface area contributed by atoms with Gasteiger partial charge in [0, 0.05) is 6.42 Å². The van der Waals surface area contributed by atoms with E-state index in [2.05, 4.69) is 6.58 Å². The van der Waals surface area contributed by atoms with Crippen LogP contribution < -0.4 is 0 Å². The van der Waals surface area contributed by atoms with Crippen LogP contribution >= 0.6 is 0 Å². The summed E-state index contributed by atoms with van der Waals surface area (Å²) in [7, 11) is 0. The number of allylic oxidation sites excluding steroid dienone is 2. The van der Waals surface area contributed by atoms with Crippen LogP contribution in [-0.2, 0) is 0 Å². The number of nitriles is 1. The van der Waals surface area contributed by atoms with Crippen LogP contribution in [0.1, 0.15) is 24.0 Å². The van der Waals surface area contributed by atoms with Crippen LogP contribution in [0.15, 0.2) is 42.7 Å². The van der Waals surface area contributed by atoms with E-state index in [1.807, 2.05) is 6.07 Å². The largest absolute Gasteiger partial charge is 0.212 e. The predicted octanol–water partition coefficient (Wildman–Crippen LogP) is 3.83. The van der Waals surface area contributed by atoms with Crippen molar-refractivity contribution >= 4 is 6.08 Å². The summed E-state index contributed by atoms with van der Waals surface area (Å²) in [6.07, 6.45) is 4.18. The number of halogens is 1. The molecular formula is C13H12FN. The average molecular weight is 201 g/mol. The second-order valence-corrected chi connectivity index (χ2v) is 3.15. The molecule has 0 aromatic heterocycles. The summed E-state index contributed by atoms with van der Waals surface area (Å²) in [5.41, 5.74) is 1.36. The Hall–Kier alpha value is -1.88. The van der Waals surface area contributed by atoms with Crippen molar-refractivity contribution in [3.05, 3.63) is 53.9 Å². The molecule has 76 valence electrons. The molecule has 1 aromatic carbocycles. The highest BCUT2D eigenvalue weighted by molar-refractivity contribution is 5.52. The normalized spacial score (nSPS) is 10.8. The molecule has 2 heteroatoms. The second-order valence-electron chi connectivity index (χ2n) is 3.15. The number of benzene rings is 1. The molecule has 0 fully saturated rings. The van der Waals surface area contributed by atoms with Crippen molar-refractivity contribution in [3.8, 4) is 6.07 Å². The summed E-state index contributed by atoms with van der Waals surface area (Å²) >= 11 is 0. The second kappa shape index (κ2) is 5.77. The van der Waals surface area contributed by atoms with Crippen molar-refractivity contribution in [2.24, 2.45) is 0 Å². The lowest BCUT2D eigenvalue weighted by Crippen LogP contribution is -1.78. The standard InChI is InChI=1S/C13H12FN/c1-2-3-4-13(14)9-11-5-7-12(10-15)8-6-11/h2,5-9H,1,3-4H2/b13-9-. The van der Waals surface area contributed by atoms with Crippen LogP contribution in [0.25, 0.3) is 6.08 Å². The molecule has 0 aliphatic heterocycles. The molecule has 15 heavy (non-hydrogen) atoms. The summed E-state index contributed by atoms with van der Waals surface area (Å²) in [5.74, 6) is -0.167. The summed E-state index contributed by atoms with van der Waals surface area (Å²) in [4.78, 5) is 0. The Labute approximate surface area is 89.2 Å². The summed E-state index contributed by atoms with van der Waals surface area (Å²) in [6.45, 7) is 3.53. The van der Waals surface area contributed by atoms with Crippen LogP contribution in [0.5, 0.6) is 0 Å². The van der Waals surface area contributed by atoms with Gasteiger partial charge >= 0.3 is 0 Å². The molecule has 0 aliphatic carbocycles. The van der Waals surface area contributed by atoms with E-state index in [4.69, 9.17) is 5.26 Å². The maximum atomic E-state index is 13.2. The highest BCUT2D eigenvalue weighted by Gasteiger charge is 1.95. The Kier molecular flexibility index (Phi) is 4.30. The Morgan fingerprint density at radius 1 is 1.40 bits per heavy atom. The fourth-order valence-corrected chi connectivity index (χ4v) is 1.15. The Bertz CT molecular complexity index is 396. The number of nitrogens with zero attached hydrogens (tertiary/aromatic N) is 1. The fraction of sp³-hybridized carbons (Fsp3) is 0.154. The van der Waals surface area contributed by atoms with E-state index in [1.165, 1.54) is 6.08 Å². The number of hydrogen-bond donors (Lipinski definition) is 0. The summed E-state index contributed by atoms with van der Waals surface area (Å²) < 4.78 is 13.2. The van der Waals surface area contributed by atoms with Crippen molar-refractivity contribution in [1.29, 1.82) is 5.26 Å². The van der Waals surface area contributed by atoms with Crippen LogP contribution in [-0.4, -0.2) is 0 Å². The van der Waals surface area contributed by atoms with Crippen LogP contribution in [0.4, 0.5) is 4.39 Å². The first-order valence-electron chi connectivity index (χ1n) is 4.73. The summed E-state index contributed by atoms with van der Waals surface area (Å²) in [5, 5.41) is 8.58. The molecule has 0 saturated heterocycles. The van der Waals surface area contributed by atoms with Gasteiger partial charge in [-0.3, -0.25) is 0 Å². The molecule has 0 bridgehead atoms. The smallest absolute Gasteiger partial charge is 0.101 e. The maximum Gasteiger partial charge on any atom is 0.101 e. The molecule has 0 saturated carbocycles. The fourth-order valence-electron chi connectivity index (χ4n) is 1.15. The van der Waals surface area contributed by atoms with Crippen LogP contribution in [0.3, 0.4) is 0 Å². The molecule has 1 nitrogen and oxygen atoms in total. The van der Waals surface area contributed by atoms with Gasteiger partial charge < -0.3 is 0 Å². The minimum Gasteiger partial charge on any atom is -0.212 e. The number of rotatable bonds is 4. The highest BCUT2D eigenvalue weighted by atomic mass is 19.1. The van der Waals surface area contributed by atoms with Crippen LogP contribution in [0.2, 0.25) is 0 Å². The zero-order chi connectivity index (χ0) is 11.1. The molecular weight excluding hydrogens is 189 g/mol. The van der Waals surface area contributed by atoms with Gasteiger partial charge in [0.25, 0.3) is 0 Å². The first-order chi connectivity index (χ1) is 7.26. The predicted molar refractivity (Wildman–Crippen MR) is 59.7 cm³/mol. The van der Waals surface area contributed by atoms with Crippen molar-refractivity contribution in [2.45, 2.75) is 12.8 Å². The zero-order valence-corrected chi connectivity index (χ0v) is 8.41. The molecule has 0 spiro atoms. The van der Waals surface area contributed by atoms with Crippen molar-refractivity contribution in [3.63, 3.8) is 0 Å². The zero-order valence-electron chi connectivity index (χ0n) is 8.41. The summed E-state index contributed by atoms with van der Waals surface area (Å²) in [6, 6.07) is 8.82. The van der Waals surface area contributed by atoms with Gasteiger partial charge in [-0.25, -0.2) is 4.39 Å². The molecule has 0 aliphatic rings. The molecule has 0 heterocycles. The van der Waals surface area contributed by atoms with E-state index < -0.39 is 0 Å². The topological polar surface area (TPSA) is 23.8 Å². The van der Waals surface area contributed by atoms with E-state index in [9.17, 15) is 4.39 Å². The van der Waals surface area contributed by atoms with E-state index in [1.54, 1.807) is 30.3 Å². The van der Waals surface area contributed by atoms with E-state index in [0.717, 1.165) is 5.56 Å². The molecule has 0 radical (unpaired) electrons. The maximum absolute atomic E-state index is 13.2. The van der Waals surface area contributed by atoms with Gasteiger partial charge in [-0.05, 0) is 30.2 Å². The van der Waals surface area contributed by atoms with Crippen molar-refractivity contribution in [2.75, 3.05) is 0 Å². The van der Waals surface area contributed by atoms with Crippen molar-refractivity contribution in [1.82, 2.24) is 0 Å². The first-order valence-corrected chi connectivity index (χ1v) is 4.73. The first kappa shape index (κ1) is 11.2. The Balaban J connectivity index is 2.71. The molecule has 0 amide bonds. The van der Waals surface area contributed by atoms with Crippen LogP contribution in [0, 0.1) is 11.3 Å². The lowest BCUT2D eigenvalue weighted by molar-refractivity contribution is 0.600. The molecule has 1 rings (SSSR count). The molecule has 0 atom stereocenters. The van der Waals surface area contributed by atoms with Gasteiger partial charge in [-0.15, -0.1) is 6.58 Å². The van der Waals surface area contributed by atoms with E-state index in [-0.39, 0.29) is 5.83 Å². The number of hydrogen-bond acceptors (Lipinski definition) is 1. The van der Waals surface area contributed by atoms with E-state index in [0.29, 0.717) is 18.4 Å². The molecule has 0 unspecified atom stereocenters. The SMILES string of the molecule is C=CCC/C(F)=C/c1ccc(C#N)cc1. The van der Waals surface area contributed by atoms with Gasteiger partial charge in [0.15, 0.2) is 0 Å². The van der Waals surface area contributed by atoms with Gasteiger partial charge in [0.05, 0.1) is 11.6 Å². The lowest BCUT2D eigenvalue weighted by Gasteiger charge is -1.96. The third-order valence-electron chi connectivity index (χ3n) is 1.95. The minimum atomic E-state index is -0.167. The quantitative estimate of drug-likeness (QED) is 0.679. The van der Waals surface area contributed by atoms with E-state index >= 15 is 0 Å². The Morgan fingerprint density at radius 2 is 2.07 bits per heavy atom. The van der Waals surface area contributed by atoms with Gasteiger partial charge in [-0.2, -0.15) is 5.26 Å². The molecule has 1 aromatic rings. The van der Waals surface area contributed by atoms with Gasteiger partial charge in [0.2, 0.25) is 0 Å². The lowest BCUT2D eigenvalue weighted by atomic mass is 10.1. The average Bonchev–Trinajstić information content (AvgIpc) is 2.27. The molecule has 0 N–H and O–H groups in total. The third-order valence-corrected chi connectivity index (χ3v) is 1.95. The Morgan fingerprint density at radius 3 is 2.60 bits per heavy atom. The van der Waals surface area contributed by atoms with Gasteiger partial charge in [-0.1, -0.05) is 18.2 Å². The van der Waals surface area contributed by atoms with Crippen molar-refractivity contribution < 1.29 is 4.39 Å². The monoisotopic (exact) mass is 201 g/mol.